The minimum Gasteiger partial charge on any atom is -0.490 e. The molecule has 1 aromatic heterocycles. The SMILES string of the molecule is C[C@H](N)CCOc1cnc(N)nc1.Cl.Cl. The van der Waals surface area contributed by atoms with Crippen LogP contribution >= 0.6 is 24.8 Å². The van der Waals surface area contributed by atoms with Crippen LogP contribution in [0.1, 0.15) is 13.3 Å². The molecule has 0 radical (unpaired) electrons. The lowest BCUT2D eigenvalue weighted by molar-refractivity contribution is 0.299. The summed E-state index contributed by atoms with van der Waals surface area (Å²) in [5, 5.41) is 0. The van der Waals surface area contributed by atoms with E-state index in [0.29, 0.717) is 12.4 Å². The van der Waals surface area contributed by atoms with E-state index in [4.69, 9.17) is 16.2 Å². The molecule has 1 heterocycles. The van der Waals surface area contributed by atoms with Crippen LogP contribution in [0.5, 0.6) is 5.75 Å². The predicted molar refractivity (Wildman–Crippen MR) is 64.7 cm³/mol. The van der Waals surface area contributed by atoms with E-state index < -0.39 is 0 Å². The van der Waals surface area contributed by atoms with E-state index in [1.165, 1.54) is 0 Å². The van der Waals surface area contributed by atoms with Crippen LogP contribution < -0.4 is 16.2 Å². The summed E-state index contributed by atoms with van der Waals surface area (Å²) in [4.78, 5) is 7.57. The van der Waals surface area contributed by atoms with Crippen LogP contribution in [0, 0.1) is 0 Å². The summed E-state index contributed by atoms with van der Waals surface area (Å²) in [5.74, 6) is 0.870. The molecule has 7 heteroatoms. The summed E-state index contributed by atoms with van der Waals surface area (Å²) in [6.07, 6.45) is 3.90. The van der Waals surface area contributed by atoms with Crippen molar-refractivity contribution in [2.45, 2.75) is 19.4 Å². The highest BCUT2D eigenvalue weighted by atomic mass is 35.5. The molecule has 1 atom stereocenters. The van der Waals surface area contributed by atoms with Crippen LogP contribution in [0.2, 0.25) is 0 Å². The molecule has 0 aliphatic rings. The van der Waals surface area contributed by atoms with Gasteiger partial charge in [0, 0.05) is 6.04 Å². The lowest BCUT2D eigenvalue weighted by Gasteiger charge is -2.06. The Hall–Kier alpha value is -0.780. The molecular weight excluding hydrogens is 239 g/mol. The van der Waals surface area contributed by atoms with Crippen molar-refractivity contribution in [2.75, 3.05) is 12.3 Å². The highest BCUT2D eigenvalue weighted by Crippen LogP contribution is 2.06. The maximum absolute atomic E-state index is 5.55. The largest absolute Gasteiger partial charge is 0.490 e. The standard InChI is InChI=1S/C8H14N4O.2ClH/c1-6(9)2-3-13-7-4-11-8(10)12-5-7;;/h4-6H,2-3,9H2,1H3,(H2,10,11,12);2*1H/t6-;;/m0../s1. The van der Waals surface area contributed by atoms with Crippen molar-refractivity contribution >= 4 is 30.8 Å². The third kappa shape index (κ3) is 7.18. The molecule has 0 fully saturated rings. The average molecular weight is 255 g/mol. The third-order valence-electron chi connectivity index (χ3n) is 1.49. The van der Waals surface area contributed by atoms with Crippen molar-refractivity contribution in [1.29, 1.82) is 0 Å². The minimum absolute atomic E-state index is 0. The van der Waals surface area contributed by atoms with E-state index in [1.807, 2.05) is 6.92 Å². The zero-order valence-corrected chi connectivity index (χ0v) is 10.1. The molecule has 0 aliphatic heterocycles. The van der Waals surface area contributed by atoms with Crippen LogP contribution in [0.15, 0.2) is 12.4 Å². The molecule has 0 spiro atoms. The van der Waals surface area contributed by atoms with Crippen LogP contribution in [-0.2, 0) is 0 Å². The Morgan fingerprint density at radius 2 is 1.87 bits per heavy atom. The first-order valence-electron chi connectivity index (χ1n) is 4.14. The Bertz CT molecular complexity index is 255. The van der Waals surface area contributed by atoms with Crippen molar-refractivity contribution in [1.82, 2.24) is 9.97 Å². The third-order valence-corrected chi connectivity index (χ3v) is 1.49. The molecule has 1 rings (SSSR count). The van der Waals surface area contributed by atoms with Crippen molar-refractivity contribution in [3.05, 3.63) is 12.4 Å². The van der Waals surface area contributed by atoms with Gasteiger partial charge in [-0.1, -0.05) is 0 Å². The summed E-state index contributed by atoms with van der Waals surface area (Å²) in [6, 6.07) is 0.148. The molecule has 0 bridgehead atoms. The Balaban J connectivity index is 0. The van der Waals surface area contributed by atoms with E-state index in [0.717, 1.165) is 6.42 Å². The number of ether oxygens (including phenoxy) is 1. The lowest BCUT2D eigenvalue weighted by Crippen LogP contribution is -2.18. The fourth-order valence-electron chi connectivity index (χ4n) is 0.763. The van der Waals surface area contributed by atoms with Crippen LogP contribution in [-0.4, -0.2) is 22.6 Å². The van der Waals surface area contributed by atoms with Gasteiger partial charge in [-0.25, -0.2) is 9.97 Å². The molecular formula is C8H16Cl2N4O. The molecule has 4 N–H and O–H groups in total. The number of halogens is 2. The normalized spacial score (nSPS) is 10.8. The molecule has 88 valence electrons. The van der Waals surface area contributed by atoms with Gasteiger partial charge in [0.1, 0.15) is 0 Å². The summed E-state index contributed by atoms with van der Waals surface area (Å²) in [5.41, 5.74) is 10.9. The molecule has 0 saturated carbocycles. The molecule has 0 amide bonds. The van der Waals surface area contributed by atoms with E-state index in [-0.39, 0.29) is 36.8 Å². The first-order valence-corrected chi connectivity index (χ1v) is 4.14. The van der Waals surface area contributed by atoms with Gasteiger partial charge in [-0.05, 0) is 13.3 Å². The van der Waals surface area contributed by atoms with Gasteiger partial charge in [0.05, 0.1) is 19.0 Å². The van der Waals surface area contributed by atoms with Gasteiger partial charge >= 0.3 is 0 Å². The van der Waals surface area contributed by atoms with Gasteiger partial charge in [0.15, 0.2) is 5.75 Å². The predicted octanol–water partition coefficient (Wildman–Crippen LogP) is 1.02. The molecule has 5 nitrogen and oxygen atoms in total. The monoisotopic (exact) mass is 254 g/mol. The average Bonchev–Trinajstić information content (AvgIpc) is 2.08. The Labute approximate surface area is 101 Å². The number of nitrogen functional groups attached to an aromatic ring is 1. The van der Waals surface area contributed by atoms with E-state index >= 15 is 0 Å². The van der Waals surface area contributed by atoms with Gasteiger partial charge in [-0.3, -0.25) is 0 Å². The fraction of sp³-hybridized carbons (Fsp3) is 0.500. The Morgan fingerprint density at radius 1 is 1.33 bits per heavy atom. The van der Waals surface area contributed by atoms with Crippen molar-refractivity contribution in [2.24, 2.45) is 5.73 Å². The van der Waals surface area contributed by atoms with Gasteiger partial charge in [0.25, 0.3) is 0 Å². The zero-order valence-electron chi connectivity index (χ0n) is 8.42. The highest BCUT2D eigenvalue weighted by Gasteiger charge is 1.97. The Morgan fingerprint density at radius 3 is 2.33 bits per heavy atom. The molecule has 0 saturated heterocycles. The van der Waals surface area contributed by atoms with Crippen molar-refractivity contribution in [3.8, 4) is 5.75 Å². The number of nitrogens with two attached hydrogens (primary N) is 2. The van der Waals surface area contributed by atoms with E-state index in [9.17, 15) is 0 Å². The second kappa shape index (κ2) is 8.52. The van der Waals surface area contributed by atoms with E-state index in [2.05, 4.69) is 9.97 Å². The summed E-state index contributed by atoms with van der Waals surface area (Å²) < 4.78 is 5.31. The number of hydrogen-bond acceptors (Lipinski definition) is 5. The van der Waals surface area contributed by atoms with Crippen molar-refractivity contribution in [3.63, 3.8) is 0 Å². The van der Waals surface area contributed by atoms with Crippen LogP contribution in [0.3, 0.4) is 0 Å². The highest BCUT2D eigenvalue weighted by molar-refractivity contribution is 5.85. The van der Waals surface area contributed by atoms with Gasteiger partial charge in [-0.2, -0.15) is 0 Å². The summed E-state index contributed by atoms with van der Waals surface area (Å²) in [6.45, 7) is 2.51. The van der Waals surface area contributed by atoms with Gasteiger partial charge < -0.3 is 16.2 Å². The smallest absolute Gasteiger partial charge is 0.220 e. The van der Waals surface area contributed by atoms with E-state index in [1.54, 1.807) is 12.4 Å². The first-order chi connectivity index (χ1) is 6.18. The van der Waals surface area contributed by atoms with Gasteiger partial charge in [0.2, 0.25) is 5.95 Å². The fourth-order valence-corrected chi connectivity index (χ4v) is 0.763. The molecule has 0 aliphatic carbocycles. The second-order valence-electron chi connectivity index (χ2n) is 2.89. The number of anilines is 1. The number of nitrogens with zero attached hydrogens (tertiary/aromatic N) is 2. The number of hydrogen-bond donors (Lipinski definition) is 2. The minimum atomic E-state index is 0. The summed E-state index contributed by atoms with van der Waals surface area (Å²) >= 11 is 0. The van der Waals surface area contributed by atoms with Crippen LogP contribution in [0.4, 0.5) is 5.95 Å². The molecule has 0 aromatic carbocycles. The molecule has 1 aromatic rings. The van der Waals surface area contributed by atoms with Crippen LogP contribution in [0.25, 0.3) is 0 Å². The molecule has 0 unspecified atom stereocenters. The zero-order chi connectivity index (χ0) is 9.68. The summed E-state index contributed by atoms with van der Waals surface area (Å²) in [7, 11) is 0. The lowest BCUT2D eigenvalue weighted by atomic mass is 10.3. The second-order valence-corrected chi connectivity index (χ2v) is 2.89. The molecule has 15 heavy (non-hydrogen) atoms. The van der Waals surface area contributed by atoms with Crippen molar-refractivity contribution < 1.29 is 4.74 Å². The Kier molecular flexibility index (Phi) is 9.46. The maximum Gasteiger partial charge on any atom is 0.220 e. The number of aromatic nitrogens is 2. The number of rotatable bonds is 4. The van der Waals surface area contributed by atoms with Gasteiger partial charge in [-0.15, -0.1) is 24.8 Å². The maximum atomic E-state index is 5.55. The topological polar surface area (TPSA) is 87.0 Å². The quantitative estimate of drug-likeness (QED) is 0.838. The first kappa shape index (κ1) is 16.6.